The van der Waals surface area contributed by atoms with Crippen LogP contribution < -0.4 is 5.32 Å². The molecule has 2 atom stereocenters. The Balaban J connectivity index is 1.85. The zero-order valence-electron chi connectivity index (χ0n) is 8.85. The predicted molar refractivity (Wildman–Crippen MR) is 52.6 cm³/mol. The summed E-state index contributed by atoms with van der Waals surface area (Å²) >= 11 is 0. The molecule has 2 rings (SSSR count). The number of fused-ring (bicyclic) bond motifs is 1. The van der Waals surface area contributed by atoms with Crippen molar-refractivity contribution in [2.75, 3.05) is 0 Å². The van der Waals surface area contributed by atoms with Gasteiger partial charge in [0.25, 0.3) is 5.91 Å². The minimum absolute atomic E-state index is 0.278. The van der Waals surface area contributed by atoms with Crippen LogP contribution in [0.1, 0.15) is 39.5 Å². The summed E-state index contributed by atoms with van der Waals surface area (Å²) in [6, 6.07) is 0.278. The summed E-state index contributed by atoms with van der Waals surface area (Å²) in [5, 5.41) is 2.82. The summed E-state index contributed by atoms with van der Waals surface area (Å²) in [5.74, 6) is 0.849. The van der Waals surface area contributed by atoms with Gasteiger partial charge in [-0.05, 0) is 38.5 Å². The van der Waals surface area contributed by atoms with Gasteiger partial charge < -0.3 is 5.32 Å². The van der Waals surface area contributed by atoms with Gasteiger partial charge in [0.05, 0.1) is 0 Å². The molecule has 0 aromatic heterocycles. The van der Waals surface area contributed by atoms with Gasteiger partial charge in [-0.3, -0.25) is 4.79 Å². The summed E-state index contributed by atoms with van der Waals surface area (Å²) in [7, 11) is 0. The third-order valence-electron chi connectivity index (χ3n) is 3.49. The Kier molecular flexibility index (Phi) is 2.28. The second kappa shape index (κ2) is 3.21. The van der Waals surface area contributed by atoms with Crippen molar-refractivity contribution >= 4 is 5.91 Å². The molecule has 1 amide bonds. The van der Waals surface area contributed by atoms with Crippen molar-refractivity contribution in [1.82, 2.24) is 5.32 Å². The first-order valence-electron chi connectivity index (χ1n) is 5.50. The Labute approximate surface area is 84.3 Å². The van der Waals surface area contributed by atoms with Crippen molar-refractivity contribution in [3.05, 3.63) is 0 Å². The minimum Gasteiger partial charge on any atom is -0.350 e. The number of carbonyl (C=O) groups is 1. The Hall–Kier alpha value is -0.600. The van der Waals surface area contributed by atoms with Crippen molar-refractivity contribution < 1.29 is 9.18 Å². The van der Waals surface area contributed by atoms with Gasteiger partial charge in [0.15, 0.2) is 5.67 Å². The van der Waals surface area contributed by atoms with Gasteiger partial charge in [-0.25, -0.2) is 4.39 Å². The predicted octanol–water partition coefficient (Wildman–Crippen LogP) is 2.04. The maximum Gasteiger partial charge on any atom is 0.257 e. The maximum absolute atomic E-state index is 13.2. The lowest BCUT2D eigenvalue weighted by Crippen LogP contribution is -2.40. The van der Waals surface area contributed by atoms with Gasteiger partial charge in [-0.15, -0.1) is 0 Å². The molecular formula is C11H18FNO. The Morgan fingerprint density at radius 1 is 1.29 bits per heavy atom. The molecule has 0 bridgehead atoms. The smallest absolute Gasteiger partial charge is 0.257 e. The molecule has 2 unspecified atom stereocenters. The molecule has 2 saturated carbocycles. The van der Waals surface area contributed by atoms with Crippen LogP contribution in [0.3, 0.4) is 0 Å². The minimum atomic E-state index is -1.73. The van der Waals surface area contributed by atoms with Crippen LogP contribution in [0.5, 0.6) is 0 Å². The fourth-order valence-corrected chi connectivity index (χ4v) is 2.53. The largest absolute Gasteiger partial charge is 0.350 e. The quantitative estimate of drug-likeness (QED) is 0.724. The Bertz CT molecular complexity index is 234. The zero-order valence-corrected chi connectivity index (χ0v) is 8.85. The SMILES string of the molecule is CC(C)(F)C(=O)NC1C2CCCCC21. The third-order valence-corrected chi connectivity index (χ3v) is 3.49. The van der Waals surface area contributed by atoms with E-state index in [0.717, 1.165) is 0 Å². The summed E-state index contributed by atoms with van der Waals surface area (Å²) in [5.41, 5.74) is -1.73. The number of hydrogen-bond donors (Lipinski definition) is 1. The summed E-state index contributed by atoms with van der Waals surface area (Å²) in [6.45, 7) is 2.63. The first-order chi connectivity index (χ1) is 6.50. The maximum atomic E-state index is 13.2. The monoisotopic (exact) mass is 199 g/mol. The number of halogens is 1. The fraction of sp³-hybridized carbons (Fsp3) is 0.909. The third kappa shape index (κ3) is 1.77. The molecule has 0 spiro atoms. The standard InChI is InChI=1S/C11H18FNO/c1-11(2,12)10(14)13-9-7-5-3-4-6-8(7)9/h7-9H,3-6H2,1-2H3,(H,13,14). The van der Waals surface area contributed by atoms with E-state index in [0.29, 0.717) is 11.8 Å². The van der Waals surface area contributed by atoms with Crippen molar-refractivity contribution in [3.8, 4) is 0 Å². The molecule has 2 nitrogen and oxygen atoms in total. The zero-order chi connectivity index (χ0) is 10.3. The van der Waals surface area contributed by atoms with Crippen LogP contribution in [-0.2, 0) is 4.79 Å². The molecule has 2 aliphatic rings. The molecule has 0 aromatic rings. The van der Waals surface area contributed by atoms with E-state index < -0.39 is 11.6 Å². The van der Waals surface area contributed by atoms with Gasteiger partial charge in [0.1, 0.15) is 0 Å². The lowest BCUT2D eigenvalue weighted by molar-refractivity contribution is -0.131. The number of alkyl halides is 1. The van der Waals surface area contributed by atoms with Gasteiger partial charge >= 0.3 is 0 Å². The average Bonchev–Trinajstić information content (AvgIpc) is 2.78. The van der Waals surface area contributed by atoms with Crippen molar-refractivity contribution in [2.24, 2.45) is 11.8 Å². The Morgan fingerprint density at radius 3 is 2.21 bits per heavy atom. The van der Waals surface area contributed by atoms with Crippen LogP contribution >= 0.6 is 0 Å². The average molecular weight is 199 g/mol. The molecule has 0 aliphatic heterocycles. The normalized spacial score (nSPS) is 36.1. The van der Waals surface area contributed by atoms with E-state index in [2.05, 4.69) is 5.32 Å². The Morgan fingerprint density at radius 2 is 1.79 bits per heavy atom. The number of rotatable bonds is 2. The highest BCUT2D eigenvalue weighted by Crippen LogP contribution is 2.49. The topological polar surface area (TPSA) is 29.1 Å². The number of hydrogen-bond acceptors (Lipinski definition) is 1. The molecule has 0 radical (unpaired) electrons. The molecule has 1 N–H and O–H groups in total. The summed E-state index contributed by atoms with van der Waals surface area (Å²) < 4.78 is 13.2. The summed E-state index contributed by atoms with van der Waals surface area (Å²) in [6.07, 6.45) is 4.96. The highest BCUT2D eigenvalue weighted by molar-refractivity contribution is 5.84. The van der Waals surface area contributed by atoms with E-state index in [1.54, 1.807) is 0 Å². The van der Waals surface area contributed by atoms with Gasteiger partial charge in [-0.1, -0.05) is 12.8 Å². The van der Waals surface area contributed by atoms with Gasteiger partial charge in [0.2, 0.25) is 0 Å². The molecule has 80 valence electrons. The fourth-order valence-electron chi connectivity index (χ4n) is 2.53. The number of nitrogens with one attached hydrogen (secondary N) is 1. The van der Waals surface area contributed by atoms with E-state index in [1.807, 2.05) is 0 Å². The first kappa shape index (κ1) is 9.94. The van der Waals surface area contributed by atoms with Crippen LogP contribution in [-0.4, -0.2) is 17.6 Å². The van der Waals surface area contributed by atoms with Crippen molar-refractivity contribution in [1.29, 1.82) is 0 Å². The van der Waals surface area contributed by atoms with Crippen molar-refractivity contribution in [2.45, 2.75) is 51.2 Å². The molecule has 0 saturated heterocycles. The molecule has 2 fully saturated rings. The lowest BCUT2D eigenvalue weighted by Gasteiger charge is -2.13. The van der Waals surface area contributed by atoms with Gasteiger partial charge in [-0.2, -0.15) is 0 Å². The molecule has 0 aromatic carbocycles. The lowest BCUT2D eigenvalue weighted by atomic mass is 10.0. The summed E-state index contributed by atoms with van der Waals surface area (Å²) in [4.78, 5) is 11.4. The van der Waals surface area contributed by atoms with E-state index in [-0.39, 0.29) is 6.04 Å². The molecule has 14 heavy (non-hydrogen) atoms. The van der Waals surface area contributed by atoms with Gasteiger partial charge in [0, 0.05) is 6.04 Å². The second-order valence-corrected chi connectivity index (χ2v) is 5.08. The van der Waals surface area contributed by atoms with E-state index >= 15 is 0 Å². The first-order valence-corrected chi connectivity index (χ1v) is 5.50. The van der Waals surface area contributed by atoms with Crippen LogP contribution in [0.15, 0.2) is 0 Å². The van der Waals surface area contributed by atoms with E-state index in [1.165, 1.54) is 39.5 Å². The molecular weight excluding hydrogens is 181 g/mol. The van der Waals surface area contributed by atoms with Crippen LogP contribution in [0.4, 0.5) is 4.39 Å². The number of carbonyl (C=O) groups excluding carboxylic acids is 1. The highest BCUT2D eigenvalue weighted by atomic mass is 19.1. The van der Waals surface area contributed by atoms with Crippen molar-refractivity contribution in [3.63, 3.8) is 0 Å². The molecule has 2 aliphatic carbocycles. The molecule has 0 heterocycles. The van der Waals surface area contributed by atoms with Crippen LogP contribution in [0, 0.1) is 11.8 Å². The highest BCUT2D eigenvalue weighted by Gasteiger charge is 2.52. The van der Waals surface area contributed by atoms with Crippen LogP contribution in [0.25, 0.3) is 0 Å². The van der Waals surface area contributed by atoms with E-state index in [9.17, 15) is 9.18 Å². The number of amides is 1. The second-order valence-electron chi connectivity index (χ2n) is 5.08. The molecule has 3 heteroatoms. The van der Waals surface area contributed by atoms with E-state index in [4.69, 9.17) is 0 Å². The van der Waals surface area contributed by atoms with Crippen LogP contribution in [0.2, 0.25) is 0 Å².